The monoisotopic (exact) mass is 321 g/mol. The highest BCUT2D eigenvalue weighted by atomic mass is 35.5. The molecule has 0 spiro atoms. The van der Waals surface area contributed by atoms with E-state index in [1.54, 1.807) is 36.4 Å². The lowest BCUT2D eigenvalue weighted by molar-refractivity contribution is 0.628. The fraction of sp³-hybridized carbons (Fsp3) is 0. The molecule has 3 rings (SSSR count). The van der Waals surface area contributed by atoms with Crippen LogP contribution in [0.25, 0.3) is 16.9 Å². The van der Waals surface area contributed by atoms with Crippen LogP contribution in [-0.2, 0) is 0 Å². The van der Waals surface area contributed by atoms with E-state index in [1.165, 1.54) is 16.8 Å². The molecule has 0 radical (unpaired) electrons. The zero-order valence-corrected chi connectivity index (χ0v) is 12.2. The van der Waals surface area contributed by atoms with Gasteiger partial charge in [0.15, 0.2) is 0 Å². The first kappa shape index (κ1) is 13.9. The molecule has 2 N–H and O–H groups in total. The summed E-state index contributed by atoms with van der Waals surface area (Å²) in [5.74, 6) is 0.0998. The van der Waals surface area contributed by atoms with Crippen molar-refractivity contribution in [3.8, 4) is 16.9 Å². The van der Waals surface area contributed by atoms with Crippen molar-refractivity contribution in [3.05, 3.63) is 64.4 Å². The predicted molar refractivity (Wildman–Crippen MR) is 83.4 cm³/mol. The molecule has 0 aliphatic heterocycles. The van der Waals surface area contributed by atoms with Gasteiger partial charge in [0.25, 0.3) is 0 Å². The third kappa shape index (κ3) is 2.73. The van der Waals surface area contributed by atoms with Gasteiger partial charge >= 0.3 is 0 Å². The lowest BCUT2D eigenvalue weighted by Gasteiger charge is -2.05. The molecule has 3 nitrogen and oxygen atoms in total. The Morgan fingerprint density at radius 2 is 1.81 bits per heavy atom. The lowest BCUT2D eigenvalue weighted by Crippen LogP contribution is -2.01. The topological polar surface area (TPSA) is 43.8 Å². The lowest BCUT2D eigenvalue weighted by atomic mass is 10.1. The molecule has 0 saturated heterocycles. The van der Waals surface area contributed by atoms with E-state index in [-0.39, 0.29) is 5.82 Å². The maximum absolute atomic E-state index is 13.3. The van der Waals surface area contributed by atoms with Crippen molar-refractivity contribution < 1.29 is 4.39 Å². The number of nitrogens with zero attached hydrogens (tertiary/aromatic N) is 2. The minimum Gasteiger partial charge on any atom is -0.384 e. The van der Waals surface area contributed by atoms with Crippen LogP contribution in [0.15, 0.2) is 48.5 Å². The molecule has 1 aromatic heterocycles. The van der Waals surface area contributed by atoms with Crippen LogP contribution in [0.5, 0.6) is 0 Å². The quantitative estimate of drug-likeness (QED) is 0.751. The summed E-state index contributed by atoms with van der Waals surface area (Å²) in [4.78, 5) is 0. The first-order valence-corrected chi connectivity index (χ1v) is 6.87. The number of rotatable bonds is 2. The maximum Gasteiger partial charge on any atom is 0.127 e. The van der Waals surface area contributed by atoms with Gasteiger partial charge in [-0.3, -0.25) is 0 Å². The van der Waals surface area contributed by atoms with Crippen LogP contribution in [0.4, 0.5) is 10.2 Å². The largest absolute Gasteiger partial charge is 0.384 e. The summed E-state index contributed by atoms with van der Waals surface area (Å²) in [5.41, 5.74) is 7.89. The highest BCUT2D eigenvalue weighted by Gasteiger charge is 2.10. The Hall–Kier alpha value is -2.04. The minimum atomic E-state index is -0.324. The van der Waals surface area contributed by atoms with Gasteiger partial charge in [-0.2, -0.15) is 5.10 Å². The third-order valence-electron chi connectivity index (χ3n) is 3.01. The molecule has 1 heterocycles. The summed E-state index contributed by atoms with van der Waals surface area (Å²) in [6.07, 6.45) is 0. The van der Waals surface area contributed by atoms with Crippen molar-refractivity contribution in [2.24, 2.45) is 0 Å². The SMILES string of the molecule is Nc1cc(-c2cccc(F)c2)nn1-c1ccc(Cl)c(Cl)c1. The van der Waals surface area contributed by atoms with E-state index in [0.29, 0.717) is 32.8 Å². The van der Waals surface area contributed by atoms with E-state index in [2.05, 4.69) is 5.10 Å². The van der Waals surface area contributed by atoms with Crippen molar-refractivity contribution in [1.29, 1.82) is 0 Å². The zero-order chi connectivity index (χ0) is 15.0. The van der Waals surface area contributed by atoms with E-state index in [0.717, 1.165) is 0 Å². The Kier molecular flexibility index (Phi) is 3.57. The molecule has 6 heteroatoms. The summed E-state index contributed by atoms with van der Waals surface area (Å²) in [6.45, 7) is 0. The molecule has 0 amide bonds. The first-order valence-electron chi connectivity index (χ1n) is 6.11. The van der Waals surface area contributed by atoms with Gasteiger partial charge in [-0.25, -0.2) is 9.07 Å². The second kappa shape index (κ2) is 5.39. The van der Waals surface area contributed by atoms with Gasteiger partial charge in [0.05, 0.1) is 21.4 Å². The van der Waals surface area contributed by atoms with Crippen LogP contribution in [0.3, 0.4) is 0 Å². The Bertz CT molecular complexity index is 814. The number of nitrogens with two attached hydrogens (primary N) is 1. The Balaban J connectivity index is 2.07. The maximum atomic E-state index is 13.3. The van der Waals surface area contributed by atoms with E-state index in [9.17, 15) is 4.39 Å². The van der Waals surface area contributed by atoms with Crippen molar-refractivity contribution in [2.75, 3.05) is 5.73 Å². The molecule has 0 unspecified atom stereocenters. The summed E-state index contributed by atoms with van der Waals surface area (Å²) >= 11 is 11.9. The van der Waals surface area contributed by atoms with Crippen LogP contribution in [0, 0.1) is 5.82 Å². The van der Waals surface area contributed by atoms with E-state index < -0.39 is 0 Å². The fourth-order valence-corrected chi connectivity index (χ4v) is 2.30. The predicted octanol–water partition coefficient (Wildman–Crippen LogP) is 4.57. The number of anilines is 1. The molecule has 0 aliphatic rings. The second-order valence-electron chi connectivity index (χ2n) is 4.48. The number of hydrogen-bond donors (Lipinski definition) is 1. The fourth-order valence-electron chi connectivity index (χ4n) is 2.01. The number of hydrogen-bond acceptors (Lipinski definition) is 2. The Morgan fingerprint density at radius 1 is 1.00 bits per heavy atom. The molecular weight excluding hydrogens is 312 g/mol. The highest BCUT2D eigenvalue weighted by molar-refractivity contribution is 6.42. The molecule has 0 aliphatic carbocycles. The van der Waals surface area contributed by atoms with Crippen LogP contribution in [-0.4, -0.2) is 9.78 Å². The second-order valence-corrected chi connectivity index (χ2v) is 5.29. The molecule has 2 aromatic carbocycles. The first-order chi connectivity index (χ1) is 10.0. The zero-order valence-electron chi connectivity index (χ0n) is 10.7. The Labute approximate surface area is 130 Å². The normalized spacial score (nSPS) is 10.8. The number of aromatic nitrogens is 2. The molecule has 0 atom stereocenters. The average molecular weight is 322 g/mol. The van der Waals surface area contributed by atoms with Crippen molar-refractivity contribution in [1.82, 2.24) is 9.78 Å². The molecule has 0 fully saturated rings. The van der Waals surface area contributed by atoms with Gasteiger partial charge in [-0.1, -0.05) is 35.3 Å². The molecule has 106 valence electrons. The minimum absolute atomic E-state index is 0.324. The van der Waals surface area contributed by atoms with Gasteiger partial charge in [-0.15, -0.1) is 0 Å². The summed E-state index contributed by atoms with van der Waals surface area (Å²) in [7, 11) is 0. The van der Waals surface area contributed by atoms with Crippen LogP contribution in [0.1, 0.15) is 0 Å². The van der Waals surface area contributed by atoms with E-state index in [1.807, 2.05) is 0 Å². The van der Waals surface area contributed by atoms with Crippen molar-refractivity contribution in [2.45, 2.75) is 0 Å². The van der Waals surface area contributed by atoms with E-state index in [4.69, 9.17) is 28.9 Å². The number of halogens is 3. The van der Waals surface area contributed by atoms with Gasteiger partial charge < -0.3 is 5.73 Å². The van der Waals surface area contributed by atoms with Gasteiger partial charge in [0, 0.05) is 11.6 Å². The summed E-state index contributed by atoms with van der Waals surface area (Å²) in [5, 5.41) is 5.25. The average Bonchev–Trinajstić information content (AvgIpc) is 2.84. The smallest absolute Gasteiger partial charge is 0.127 e. The standard InChI is InChI=1S/C15H10Cl2FN3/c16-12-5-4-11(7-13(12)17)21-15(19)8-14(20-21)9-2-1-3-10(18)6-9/h1-8H,19H2. The van der Waals surface area contributed by atoms with Gasteiger partial charge in [-0.05, 0) is 30.3 Å². The number of benzene rings is 2. The molecule has 0 bridgehead atoms. The molecule has 21 heavy (non-hydrogen) atoms. The van der Waals surface area contributed by atoms with Crippen molar-refractivity contribution >= 4 is 29.0 Å². The third-order valence-corrected chi connectivity index (χ3v) is 3.74. The van der Waals surface area contributed by atoms with Crippen molar-refractivity contribution in [3.63, 3.8) is 0 Å². The highest BCUT2D eigenvalue weighted by Crippen LogP contribution is 2.27. The van der Waals surface area contributed by atoms with E-state index >= 15 is 0 Å². The molecule has 0 saturated carbocycles. The molecule has 3 aromatic rings. The van der Waals surface area contributed by atoms with Gasteiger partial charge in [0.1, 0.15) is 11.6 Å². The molecular formula is C15H10Cl2FN3. The Morgan fingerprint density at radius 3 is 2.52 bits per heavy atom. The van der Waals surface area contributed by atoms with Crippen LogP contribution in [0.2, 0.25) is 10.0 Å². The van der Waals surface area contributed by atoms with Crippen LogP contribution < -0.4 is 5.73 Å². The van der Waals surface area contributed by atoms with Gasteiger partial charge in [0.2, 0.25) is 0 Å². The van der Waals surface area contributed by atoms with Crippen LogP contribution >= 0.6 is 23.2 Å². The summed E-state index contributed by atoms with van der Waals surface area (Å²) < 4.78 is 14.8. The number of nitrogen functional groups attached to an aromatic ring is 1. The summed E-state index contributed by atoms with van der Waals surface area (Å²) in [6, 6.07) is 12.9.